The number of nitrogens with zero attached hydrogens (tertiary/aromatic N) is 1. The third-order valence-corrected chi connectivity index (χ3v) is 7.93. The van der Waals surface area contributed by atoms with Gasteiger partial charge in [-0.25, -0.2) is 8.42 Å². The van der Waals surface area contributed by atoms with Crippen molar-refractivity contribution >= 4 is 56.9 Å². The molecule has 7 nitrogen and oxygen atoms in total. The molecule has 11 heteroatoms. The van der Waals surface area contributed by atoms with Gasteiger partial charge in [0.05, 0.1) is 23.2 Å². The Morgan fingerprint density at radius 2 is 1.80 bits per heavy atom. The number of carboxylic acid groups (broad SMARTS) is 1. The highest BCUT2D eigenvalue weighted by Gasteiger charge is 2.41. The normalized spacial score (nSPS) is 18.1. The molecule has 0 aliphatic carbocycles. The monoisotopic (exact) mass is 488 g/mol. The van der Waals surface area contributed by atoms with E-state index < -0.39 is 34.0 Å². The average Bonchev–Trinajstić information content (AvgIpc) is 3.18. The van der Waals surface area contributed by atoms with Crippen LogP contribution in [-0.4, -0.2) is 47.4 Å². The zero-order valence-electron chi connectivity index (χ0n) is 15.5. The molecular formula is C19H18Cl2N2O5S2. The summed E-state index contributed by atoms with van der Waals surface area (Å²) < 4.78 is 27.3. The molecule has 1 aliphatic heterocycles. The number of hydrogen-bond donors (Lipinski definition) is 2. The lowest BCUT2D eigenvalue weighted by Gasteiger charge is -2.25. The second-order valence-corrected chi connectivity index (χ2v) is 10.3. The van der Waals surface area contributed by atoms with Gasteiger partial charge in [-0.05, 0) is 23.8 Å². The van der Waals surface area contributed by atoms with Crippen LogP contribution in [0.25, 0.3) is 0 Å². The van der Waals surface area contributed by atoms with Crippen LogP contribution in [0.2, 0.25) is 10.0 Å². The van der Waals surface area contributed by atoms with Crippen LogP contribution in [-0.2, 0) is 19.6 Å². The molecule has 1 amide bonds. The predicted octanol–water partition coefficient (Wildman–Crippen LogP) is 3.39. The highest BCUT2D eigenvalue weighted by atomic mass is 35.5. The summed E-state index contributed by atoms with van der Waals surface area (Å²) in [6.45, 7) is 0. The van der Waals surface area contributed by atoms with Gasteiger partial charge < -0.3 is 10.4 Å². The summed E-state index contributed by atoms with van der Waals surface area (Å²) in [5, 5.41) is 12.2. The molecular weight excluding hydrogens is 471 g/mol. The molecule has 2 atom stereocenters. The van der Waals surface area contributed by atoms with Gasteiger partial charge in [0.2, 0.25) is 15.9 Å². The van der Waals surface area contributed by atoms with E-state index in [2.05, 4.69) is 5.32 Å². The number of benzene rings is 2. The molecule has 160 valence electrons. The lowest BCUT2D eigenvalue weighted by atomic mass is 10.0. The lowest BCUT2D eigenvalue weighted by molar-refractivity contribution is -0.137. The Morgan fingerprint density at radius 1 is 1.17 bits per heavy atom. The quantitative estimate of drug-likeness (QED) is 0.618. The third-order valence-electron chi connectivity index (χ3n) is 4.48. The Morgan fingerprint density at radius 3 is 2.40 bits per heavy atom. The van der Waals surface area contributed by atoms with Crippen molar-refractivity contribution in [1.82, 2.24) is 9.62 Å². The van der Waals surface area contributed by atoms with E-state index in [0.717, 1.165) is 4.31 Å². The molecule has 0 saturated carbocycles. The van der Waals surface area contributed by atoms with Gasteiger partial charge in [0.1, 0.15) is 6.04 Å². The van der Waals surface area contributed by atoms with Crippen molar-refractivity contribution in [2.24, 2.45) is 0 Å². The molecule has 0 radical (unpaired) electrons. The van der Waals surface area contributed by atoms with Gasteiger partial charge in [-0.3, -0.25) is 9.59 Å². The summed E-state index contributed by atoms with van der Waals surface area (Å²) in [5.74, 6) is -1.32. The first-order chi connectivity index (χ1) is 14.2. The van der Waals surface area contributed by atoms with Crippen LogP contribution in [0.15, 0.2) is 53.4 Å². The number of aliphatic carboxylic acids is 1. The SMILES string of the molecule is O=C(O)C[C@H](NC(=O)[C@@H]1CSCN1S(=O)(=O)c1cc(Cl)cc(Cl)c1)c1ccccc1. The summed E-state index contributed by atoms with van der Waals surface area (Å²) in [4.78, 5) is 24.1. The number of carboxylic acids is 1. The van der Waals surface area contributed by atoms with Gasteiger partial charge in [-0.1, -0.05) is 53.5 Å². The predicted molar refractivity (Wildman–Crippen MR) is 116 cm³/mol. The maximum Gasteiger partial charge on any atom is 0.305 e. The second kappa shape index (κ2) is 9.57. The minimum absolute atomic E-state index is 0.0828. The van der Waals surface area contributed by atoms with E-state index in [9.17, 15) is 23.1 Å². The molecule has 2 N–H and O–H groups in total. The molecule has 1 saturated heterocycles. The molecule has 0 bridgehead atoms. The maximum absolute atomic E-state index is 13.1. The highest BCUT2D eigenvalue weighted by molar-refractivity contribution is 8.00. The number of sulfonamides is 1. The number of thioether (sulfide) groups is 1. The van der Waals surface area contributed by atoms with Gasteiger partial charge in [0.25, 0.3) is 0 Å². The van der Waals surface area contributed by atoms with Crippen molar-refractivity contribution in [2.75, 3.05) is 11.6 Å². The minimum Gasteiger partial charge on any atom is -0.481 e. The lowest BCUT2D eigenvalue weighted by Crippen LogP contribution is -2.48. The van der Waals surface area contributed by atoms with E-state index in [4.69, 9.17) is 23.2 Å². The van der Waals surface area contributed by atoms with Crippen molar-refractivity contribution in [3.05, 3.63) is 64.1 Å². The Labute approximate surface area is 188 Å². The van der Waals surface area contributed by atoms with Crippen LogP contribution in [0.3, 0.4) is 0 Å². The van der Waals surface area contributed by atoms with E-state index in [-0.39, 0.29) is 33.0 Å². The van der Waals surface area contributed by atoms with Crippen LogP contribution < -0.4 is 5.32 Å². The fraction of sp³-hybridized carbons (Fsp3) is 0.263. The average molecular weight is 489 g/mol. The number of rotatable bonds is 7. The molecule has 1 aliphatic rings. The van der Waals surface area contributed by atoms with Crippen molar-refractivity contribution in [3.8, 4) is 0 Å². The molecule has 1 fully saturated rings. The van der Waals surface area contributed by atoms with Crippen molar-refractivity contribution in [1.29, 1.82) is 0 Å². The van der Waals surface area contributed by atoms with Gasteiger partial charge in [0, 0.05) is 15.8 Å². The molecule has 3 rings (SSSR count). The summed E-state index contributed by atoms with van der Waals surface area (Å²) in [6.07, 6.45) is -0.327. The largest absolute Gasteiger partial charge is 0.481 e. The first-order valence-electron chi connectivity index (χ1n) is 8.81. The molecule has 30 heavy (non-hydrogen) atoms. The van der Waals surface area contributed by atoms with E-state index >= 15 is 0 Å². The number of halogens is 2. The molecule has 0 unspecified atom stereocenters. The number of hydrogen-bond acceptors (Lipinski definition) is 5. The molecule has 0 spiro atoms. The van der Waals surface area contributed by atoms with Crippen LogP contribution in [0, 0.1) is 0 Å². The molecule has 2 aromatic rings. The van der Waals surface area contributed by atoms with E-state index in [1.165, 1.54) is 30.0 Å². The van der Waals surface area contributed by atoms with Crippen LogP contribution >= 0.6 is 35.0 Å². The summed E-state index contributed by atoms with van der Waals surface area (Å²) in [6, 6.07) is 10.9. The number of amides is 1. The Kier molecular flexibility index (Phi) is 7.30. The first kappa shape index (κ1) is 22.9. The van der Waals surface area contributed by atoms with Gasteiger partial charge in [-0.15, -0.1) is 11.8 Å². The molecule has 2 aromatic carbocycles. The van der Waals surface area contributed by atoms with E-state index in [1.54, 1.807) is 30.3 Å². The topological polar surface area (TPSA) is 104 Å². The number of nitrogens with one attached hydrogen (secondary N) is 1. The smallest absolute Gasteiger partial charge is 0.305 e. The van der Waals surface area contributed by atoms with E-state index in [0.29, 0.717) is 5.56 Å². The van der Waals surface area contributed by atoms with Gasteiger partial charge >= 0.3 is 5.97 Å². The standard InChI is InChI=1S/C19H18Cl2N2O5S2/c20-13-6-14(21)8-15(7-13)30(27,28)23-11-29-10-17(23)19(26)22-16(9-18(24)25)12-4-2-1-3-5-12/h1-8,16-17H,9-11H2,(H,22,26)(H,24,25)/t16-,17-/m0/s1. The number of carbonyl (C=O) groups excluding carboxylic acids is 1. The van der Waals surface area contributed by atoms with Crippen molar-refractivity contribution in [2.45, 2.75) is 23.4 Å². The summed E-state index contributed by atoms with van der Waals surface area (Å²) in [5.41, 5.74) is 0.620. The Bertz CT molecular complexity index is 1030. The molecule has 1 heterocycles. The zero-order chi connectivity index (χ0) is 21.9. The second-order valence-electron chi connectivity index (χ2n) is 6.58. The fourth-order valence-corrected chi connectivity index (χ4v) is 6.94. The van der Waals surface area contributed by atoms with Gasteiger partial charge in [-0.2, -0.15) is 4.31 Å². The fourth-order valence-electron chi connectivity index (χ4n) is 3.06. The summed E-state index contributed by atoms with van der Waals surface area (Å²) >= 11 is 13.2. The molecule has 0 aromatic heterocycles. The van der Waals surface area contributed by atoms with Crippen LogP contribution in [0.5, 0.6) is 0 Å². The number of carbonyl (C=O) groups is 2. The van der Waals surface area contributed by atoms with Gasteiger partial charge in [0.15, 0.2) is 0 Å². The third kappa shape index (κ3) is 5.28. The summed E-state index contributed by atoms with van der Waals surface area (Å²) in [7, 11) is -4.03. The maximum atomic E-state index is 13.1. The first-order valence-corrected chi connectivity index (χ1v) is 12.2. The van der Waals surface area contributed by atoms with Crippen LogP contribution in [0.1, 0.15) is 18.0 Å². The Hall–Kier alpha value is -1.78. The van der Waals surface area contributed by atoms with Crippen molar-refractivity contribution in [3.63, 3.8) is 0 Å². The Balaban J connectivity index is 1.85. The van der Waals surface area contributed by atoms with Crippen LogP contribution in [0.4, 0.5) is 0 Å². The zero-order valence-corrected chi connectivity index (χ0v) is 18.6. The van der Waals surface area contributed by atoms with E-state index in [1.807, 2.05) is 0 Å². The van der Waals surface area contributed by atoms with Crippen molar-refractivity contribution < 1.29 is 23.1 Å². The minimum atomic E-state index is -4.03. The highest BCUT2D eigenvalue weighted by Crippen LogP contribution is 2.31.